The van der Waals surface area contributed by atoms with Crippen LogP contribution in [0, 0.1) is 0 Å². The lowest BCUT2D eigenvalue weighted by Crippen LogP contribution is -2.18. The third kappa shape index (κ3) is 4.80. The predicted octanol–water partition coefficient (Wildman–Crippen LogP) is 4.73. The van der Waals surface area contributed by atoms with Crippen LogP contribution in [-0.4, -0.2) is 50.7 Å². The van der Waals surface area contributed by atoms with Gasteiger partial charge in [0.1, 0.15) is 5.75 Å². The van der Waals surface area contributed by atoms with Crippen LogP contribution in [0.2, 0.25) is 0 Å². The number of ether oxygens (including phenoxy) is 2. The van der Waals surface area contributed by atoms with Crippen molar-refractivity contribution in [2.45, 2.75) is 37.6 Å². The van der Waals surface area contributed by atoms with Crippen LogP contribution in [0.5, 0.6) is 5.75 Å². The van der Waals surface area contributed by atoms with E-state index in [1.165, 1.54) is 11.8 Å². The van der Waals surface area contributed by atoms with Crippen molar-refractivity contribution in [3.05, 3.63) is 54.7 Å². The van der Waals surface area contributed by atoms with E-state index >= 15 is 0 Å². The van der Waals surface area contributed by atoms with E-state index in [9.17, 15) is 4.79 Å². The summed E-state index contributed by atoms with van der Waals surface area (Å²) in [5.41, 5.74) is 2.70. The minimum absolute atomic E-state index is 0.117. The zero-order valence-corrected chi connectivity index (χ0v) is 19.8. The minimum Gasteiger partial charge on any atom is -0.492 e. The average Bonchev–Trinajstić information content (AvgIpc) is 3.60. The normalized spacial score (nSPS) is 15.6. The Kier molecular flexibility index (Phi) is 6.82. The van der Waals surface area contributed by atoms with Gasteiger partial charge in [-0.15, -0.1) is 10.2 Å². The highest BCUT2D eigenvalue weighted by molar-refractivity contribution is 7.99. The number of fused-ring (bicyclic) bond motifs is 1. The Labute approximate surface area is 202 Å². The molecule has 9 heteroatoms. The maximum absolute atomic E-state index is 12.7. The molecule has 176 valence electrons. The number of carbonyl (C=O) groups is 1. The molecule has 0 spiro atoms. The fourth-order valence-electron chi connectivity index (χ4n) is 4.18. The molecular formula is C25H27N5O3S. The smallest absolute Gasteiger partial charge is 0.234 e. The minimum atomic E-state index is -0.127. The molecule has 1 saturated heterocycles. The second-order valence-corrected chi connectivity index (χ2v) is 9.01. The first-order valence-electron chi connectivity index (χ1n) is 11.5. The maximum Gasteiger partial charge on any atom is 0.234 e. The number of nitrogens with one attached hydrogen (secondary N) is 2. The van der Waals surface area contributed by atoms with Crippen LogP contribution in [0.25, 0.3) is 22.3 Å². The molecule has 1 aliphatic heterocycles. The molecule has 1 aliphatic rings. The van der Waals surface area contributed by atoms with Gasteiger partial charge in [0.05, 0.1) is 30.7 Å². The second-order valence-electron chi connectivity index (χ2n) is 8.07. The van der Waals surface area contributed by atoms with Gasteiger partial charge in [0.2, 0.25) is 5.91 Å². The number of benzene rings is 2. The van der Waals surface area contributed by atoms with Gasteiger partial charge in [-0.2, -0.15) is 0 Å². The van der Waals surface area contributed by atoms with Gasteiger partial charge in [0.15, 0.2) is 11.0 Å². The van der Waals surface area contributed by atoms with Crippen LogP contribution in [0.15, 0.2) is 59.9 Å². The monoisotopic (exact) mass is 477 g/mol. The molecule has 5 rings (SSSR count). The molecule has 0 radical (unpaired) electrons. The Morgan fingerprint density at radius 2 is 2.09 bits per heavy atom. The third-order valence-corrected chi connectivity index (χ3v) is 6.72. The molecule has 3 heterocycles. The summed E-state index contributed by atoms with van der Waals surface area (Å²) in [5, 5.41) is 13.7. The average molecular weight is 478 g/mol. The molecule has 0 aliphatic carbocycles. The standard InChI is InChI=1S/C25H27N5O3S/c1-2-32-22-12-6-5-11-21(22)27-23(31)16-34-25-29-28-24(30(25)15-17-8-7-13-33-17)19-14-26-20-10-4-3-9-18(19)20/h3-6,9-12,14,17,26H,2,7-8,13,15-16H2,1H3,(H,27,31). The lowest BCUT2D eigenvalue weighted by Gasteiger charge is -2.15. The van der Waals surface area contributed by atoms with E-state index in [1.807, 2.05) is 55.6 Å². The largest absolute Gasteiger partial charge is 0.492 e. The Morgan fingerprint density at radius 3 is 2.94 bits per heavy atom. The van der Waals surface area contributed by atoms with Gasteiger partial charge >= 0.3 is 0 Å². The number of H-pyrrole nitrogens is 1. The highest BCUT2D eigenvalue weighted by atomic mass is 32.2. The van der Waals surface area contributed by atoms with Crippen molar-refractivity contribution in [2.24, 2.45) is 0 Å². The molecule has 4 aromatic rings. The van der Waals surface area contributed by atoms with E-state index in [1.54, 1.807) is 0 Å². The summed E-state index contributed by atoms with van der Waals surface area (Å²) in [6.45, 7) is 3.88. The number of hydrogen-bond acceptors (Lipinski definition) is 6. The number of nitrogens with zero attached hydrogens (tertiary/aromatic N) is 3. The number of rotatable bonds is 9. The zero-order valence-electron chi connectivity index (χ0n) is 19.0. The fourth-order valence-corrected chi connectivity index (χ4v) is 4.92. The van der Waals surface area contributed by atoms with Gasteiger partial charge in [-0.1, -0.05) is 42.1 Å². The third-order valence-electron chi connectivity index (χ3n) is 5.75. The number of amides is 1. The molecule has 2 aromatic heterocycles. The summed E-state index contributed by atoms with van der Waals surface area (Å²) >= 11 is 1.37. The number of para-hydroxylation sites is 3. The van der Waals surface area contributed by atoms with Crippen LogP contribution in [0.1, 0.15) is 19.8 Å². The quantitative estimate of drug-likeness (QED) is 0.338. The van der Waals surface area contributed by atoms with Gasteiger partial charge in [0.25, 0.3) is 0 Å². The van der Waals surface area contributed by atoms with Crippen molar-refractivity contribution in [1.82, 2.24) is 19.7 Å². The summed E-state index contributed by atoms with van der Waals surface area (Å²) in [6, 6.07) is 15.6. The Hall–Kier alpha value is -3.30. The van der Waals surface area contributed by atoms with Crippen molar-refractivity contribution in [3.8, 4) is 17.1 Å². The van der Waals surface area contributed by atoms with E-state index in [2.05, 4.69) is 31.1 Å². The van der Waals surface area contributed by atoms with Crippen molar-refractivity contribution < 1.29 is 14.3 Å². The Balaban J connectivity index is 1.37. The Morgan fingerprint density at radius 1 is 1.24 bits per heavy atom. The summed E-state index contributed by atoms with van der Waals surface area (Å²) < 4.78 is 13.6. The number of aromatic amines is 1. The van der Waals surface area contributed by atoms with E-state index < -0.39 is 0 Å². The van der Waals surface area contributed by atoms with Crippen molar-refractivity contribution in [2.75, 3.05) is 24.3 Å². The number of anilines is 1. The summed E-state index contributed by atoms with van der Waals surface area (Å²) in [5.74, 6) is 1.51. The molecular weight excluding hydrogens is 450 g/mol. The summed E-state index contributed by atoms with van der Waals surface area (Å²) in [4.78, 5) is 16.0. The van der Waals surface area contributed by atoms with Crippen LogP contribution in [0.3, 0.4) is 0 Å². The molecule has 2 aromatic carbocycles. The molecule has 1 fully saturated rings. The molecule has 2 N–H and O–H groups in total. The molecule has 1 atom stereocenters. The van der Waals surface area contributed by atoms with Crippen molar-refractivity contribution in [3.63, 3.8) is 0 Å². The van der Waals surface area contributed by atoms with Crippen LogP contribution < -0.4 is 10.1 Å². The first-order valence-corrected chi connectivity index (χ1v) is 12.5. The zero-order chi connectivity index (χ0) is 23.3. The number of thioether (sulfide) groups is 1. The number of carbonyl (C=O) groups excluding carboxylic acids is 1. The molecule has 1 amide bonds. The fraction of sp³-hybridized carbons (Fsp3) is 0.320. The highest BCUT2D eigenvalue weighted by Crippen LogP contribution is 2.31. The van der Waals surface area contributed by atoms with Crippen LogP contribution >= 0.6 is 11.8 Å². The van der Waals surface area contributed by atoms with Crippen molar-refractivity contribution in [1.29, 1.82) is 0 Å². The van der Waals surface area contributed by atoms with E-state index in [4.69, 9.17) is 9.47 Å². The number of aromatic nitrogens is 4. The summed E-state index contributed by atoms with van der Waals surface area (Å²) in [6.07, 6.45) is 4.14. The van der Waals surface area contributed by atoms with E-state index in [0.29, 0.717) is 29.7 Å². The summed E-state index contributed by atoms with van der Waals surface area (Å²) in [7, 11) is 0. The van der Waals surface area contributed by atoms with Gasteiger partial charge in [-0.05, 0) is 38.0 Å². The van der Waals surface area contributed by atoms with Gasteiger partial charge in [-0.25, -0.2) is 0 Å². The van der Waals surface area contributed by atoms with Crippen LogP contribution in [0.4, 0.5) is 5.69 Å². The highest BCUT2D eigenvalue weighted by Gasteiger charge is 2.23. The first kappa shape index (κ1) is 22.5. The molecule has 34 heavy (non-hydrogen) atoms. The van der Waals surface area contributed by atoms with Gasteiger partial charge < -0.3 is 19.8 Å². The molecule has 1 unspecified atom stereocenters. The maximum atomic E-state index is 12.7. The predicted molar refractivity (Wildman–Crippen MR) is 133 cm³/mol. The lowest BCUT2D eigenvalue weighted by atomic mass is 10.1. The molecule has 0 bridgehead atoms. The van der Waals surface area contributed by atoms with Crippen molar-refractivity contribution >= 4 is 34.3 Å². The number of hydrogen-bond donors (Lipinski definition) is 2. The van der Waals surface area contributed by atoms with Gasteiger partial charge in [-0.3, -0.25) is 9.36 Å². The van der Waals surface area contributed by atoms with E-state index in [0.717, 1.165) is 41.7 Å². The topological polar surface area (TPSA) is 94.1 Å². The van der Waals surface area contributed by atoms with Gasteiger partial charge in [0, 0.05) is 29.3 Å². The first-order chi connectivity index (χ1) is 16.7. The Bertz CT molecular complexity index is 1280. The second kappa shape index (κ2) is 10.3. The molecule has 8 nitrogen and oxygen atoms in total. The van der Waals surface area contributed by atoms with E-state index in [-0.39, 0.29) is 17.8 Å². The lowest BCUT2D eigenvalue weighted by molar-refractivity contribution is -0.113. The molecule has 0 saturated carbocycles. The SMILES string of the molecule is CCOc1ccccc1NC(=O)CSc1nnc(-c2c[nH]c3ccccc23)n1CC1CCCO1. The van der Waals surface area contributed by atoms with Crippen LogP contribution in [-0.2, 0) is 16.1 Å².